The largest absolute Gasteiger partial charge is 0.268 e. The van der Waals surface area contributed by atoms with Gasteiger partial charge in [-0.05, 0) is 66.9 Å². The summed E-state index contributed by atoms with van der Waals surface area (Å²) in [6, 6.07) is 5.69. The predicted molar refractivity (Wildman–Crippen MR) is 101 cm³/mol. The van der Waals surface area contributed by atoms with Crippen LogP contribution in [0.3, 0.4) is 0 Å². The van der Waals surface area contributed by atoms with E-state index in [2.05, 4.69) is 15.2 Å². The van der Waals surface area contributed by atoms with E-state index in [9.17, 15) is 12.8 Å². The summed E-state index contributed by atoms with van der Waals surface area (Å²) in [6.07, 6.45) is 0. The van der Waals surface area contributed by atoms with E-state index in [1.807, 2.05) is 30.0 Å². The van der Waals surface area contributed by atoms with E-state index in [0.717, 1.165) is 28.6 Å². The molecule has 3 aromatic rings. The molecular weight excluding hydrogens is 373 g/mol. The average Bonchev–Trinajstić information content (AvgIpc) is 3.15. The summed E-state index contributed by atoms with van der Waals surface area (Å²) in [5, 5.41) is 8.61. The maximum atomic E-state index is 13.2. The minimum Gasteiger partial charge on any atom is -0.268 e. The lowest BCUT2D eigenvalue weighted by Crippen LogP contribution is -2.28. The standard InChI is InChI=1S/C18H20FN3O2S2/c1-12-10-16(19)4-5-17(12)26(23,24)20-7-8-22-14(3)18(13(2)21-22)15-6-9-25-11-15/h4-6,9-11,20H,7-8H2,1-3H3. The molecule has 5 nitrogen and oxygen atoms in total. The van der Waals surface area contributed by atoms with Gasteiger partial charge in [0.25, 0.3) is 0 Å². The Bertz CT molecular complexity index is 1030. The van der Waals surface area contributed by atoms with Crippen LogP contribution < -0.4 is 4.72 Å². The molecule has 1 N–H and O–H groups in total. The van der Waals surface area contributed by atoms with E-state index in [4.69, 9.17) is 0 Å². The maximum Gasteiger partial charge on any atom is 0.240 e. The van der Waals surface area contributed by atoms with E-state index >= 15 is 0 Å². The van der Waals surface area contributed by atoms with Gasteiger partial charge in [0.15, 0.2) is 0 Å². The van der Waals surface area contributed by atoms with Gasteiger partial charge in [-0.25, -0.2) is 17.5 Å². The lowest BCUT2D eigenvalue weighted by atomic mass is 10.1. The van der Waals surface area contributed by atoms with Crippen LogP contribution in [0.5, 0.6) is 0 Å². The zero-order valence-corrected chi connectivity index (χ0v) is 16.4. The monoisotopic (exact) mass is 393 g/mol. The molecule has 0 atom stereocenters. The second kappa shape index (κ2) is 7.30. The number of nitrogens with one attached hydrogen (secondary N) is 1. The summed E-state index contributed by atoms with van der Waals surface area (Å²) < 4.78 is 42.4. The summed E-state index contributed by atoms with van der Waals surface area (Å²) in [7, 11) is -3.69. The van der Waals surface area contributed by atoms with Gasteiger partial charge in [-0.1, -0.05) is 0 Å². The highest BCUT2D eigenvalue weighted by molar-refractivity contribution is 7.89. The van der Waals surface area contributed by atoms with Gasteiger partial charge in [0.2, 0.25) is 10.0 Å². The van der Waals surface area contributed by atoms with Crippen LogP contribution in [0.1, 0.15) is 17.0 Å². The zero-order valence-electron chi connectivity index (χ0n) is 14.8. The lowest BCUT2D eigenvalue weighted by molar-refractivity contribution is 0.553. The summed E-state index contributed by atoms with van der Waals surface area (Å²) >= 11 is 1.63. The highest BCUT2D eigenvalue weighted by Crippen LogP contribution is 2.28. The number of nitrogens with zero attached hydrogens (tertiary/aromatic N) is 2. The molecule has 0 unspecified atom stereocenters. The van der Waals surface area contributed by atoms with Crippen LogP contribution in [0.25, 0.3) is 11.1 Å². The highest BCUT2D eigenvalue weighted by Gasteiger charge is 2.18. The Labute approximate surface area is 156 Å². The molecule has 26 heavy (non-hydrogen) atoms. The summed E-state index contributed by atoms with van der Waals surface area (Å²) in [4.78, 5) is 0.0891. The van der Waals surface area contributed by atoms with Crippen LogP contribution in [0, 0.1) is 26.6 Å². The summed E-state index contributed by atoms with van der Waals surface area (Å²) in [6.45, 7) is 6.11. The van der Waals surface area contributed by atoms with Crippen LogP contribution >= 0.6 is 11.3 Å². The van der Waals surface area contributed by atoms with Crippen LogP contribution in [0.4, 0.5) is 4.39 Å². The van der Waals surface area contributed by atoms with Crippen LogP contribution in [-0.2, 0) is 16.6 Å². The number of aryl methyl sites for hydroxylation is 2. The van der Waals surface area contributed by atoms with Crippen molar-refractivity contribution in [3.05, 3.63) is 57.8 Å². The number of hydrogen-bond acceptors (Lipinski definition) is 4. The average molecular weight is 394 g/mol. The fraction of sp³-hybridized carbons (Fsp3) is 0.278. The van der Waals surface area contributed by atoms with Crippen molar-refractivity contribution in [2.75, 3.05) is 6.54 Å². The van der Waals surface area contributed by atoms with Crippen molar-refractivity contribution < 1.29 is 12.8 Å². The molecule has 0 bridgehead atoms. The van der Waals surface area contributed by atoms with Crippen molar-refractivity contribution in [3.8, 4) is 11.1 Å². The Morgan fingerprint density at radius 2 is 2.00 bits per heavy atom. The van der Waals surface area contributed by atoms with Crippen LogP contribution in [0.15, 0.2) is 39.9 Å². The number of thiophene rings is 1. The van der Waals surface area contributed by atoms with Crippen molar-refractivity contribution in [3.63, 3.8) is 0 Å². The van der Waals surface area contributed by atoms with E-state index in [0.29, 0.717) is 12.1 Å². The number of aromatic nitrogens is 2. The first-order chi connectivity index (χ1) is 12.3. The molecular formula is C18H20FN3O2S2. The maximum absolute atomic E-state index is 13.2. The number of benzene rings is 1. The first kappa shape index (κ1) is 18.8. The van der Waals surface area contributed by atoms with Crippen LogP contribution in [-0.4, -0.2) is 24.7 Å². The smallest absolute Gasteiger partial charge is 0.240 e. The minimum atomic E-state index is -3.69. The second-order valence-corrected chi connectivity index (χ2v) is 8.60. The first-order valence-electron chi connectivity index (χ1n) is 8.12. The number of hydrogen-bond donors (Lipinski definition) is 1. The summed E-state index contributed by atoms with van der Waals surface area (Å²) in [5.74, 6) is -0.454. The Morgan fingerprint density at radius 3 is 2.65 bits per heavy atom. The topological polar surface area (TPSA) is 64.0 Å². The molecule has 2 heterocycles. The highest BCUT2D eigenvalue weighted by atomic mass is 32.2. The zero-order chi connectivity index (χ0) is 18.9. The Hall–Kier alpha value is -2.03. The van der Waals surface area contributed by atoms with Gasteiger partial charge in [-0.2, -0.15) is 16.4 Å². The number of halogens is 1. The molecule has 0 radical (unpaired) electrons. The van der Waals surface area contributed by atoms with Gasteiger partial charge in [-0.3, -0.25) is 4.68 Å². The molecule has 0 spiro atoms. The van der Waals surface area contributed by atoms with Gasteiger partial charge >= 0.3 is 0 Å². The molecule has 3 rings (SSSR count). The molecule has 2 aromatic heterocycles. The van der Waals surface area contributed by atoms with E-state index in [1.165, 1.54) is 12.1 Å². The van der Waals surface area contributed by atoms with E-state index in [1.54, 1.807) is 18.3 Å². The van der Waals surface area contributed by atoms with Crippen molar-refractivity contribution in [1.29, 1.82) is 0 Å². The molecule has 0 saturated carbocycles. The minimum absolute atomic E-state index is 0.0891. The van der Waals surface area contributed by atoms with Gasteiger partial charge in [0.1, 0.15) is 5.82 Å². The third-order valence-corrected chi connectivity index (χ3v) is 6.54. The third kappa shape index (κ3) is 3.72. The van der Waals surface area contributed by atoms with Crippen molar-refractivity contribution in [1.82, 2.24) is 14.5 Å². The Kier molecular flexibility index (Phi) is 5.27. The quantitative estimate of drug-likeness (QED) is 0.695. The Morgan fingerprint density at radius 1 is 1.23 bits per heavy atom. The van der Waals surface area contributed by atoms with Gasteiger partial charge in [0, 0.05) is 17.8 Å². The first-order valence-corrected chi connectivity index (χ1v) is 10.5. The van der Waals surface area contributed by atoms with Crippen LogP contribution in [0.2, 0.25) is 0 Å². The molecule has 0 aliphatic carbocycles. The van der Waals surface area contributed by atoms with Crippen molar-refractivity contribution in [2.45, 2.75) is 32.2 Å². The van der Waals surface area contributed by atoms with E-state index < -0.39 is 15.8 Å². The predicted octanol–water partition coefficient (Wildman–Crippen LogP) is 3.65. The SMILES string of the molecule is Cc1cc(F)ccc1S(=O)(=O)NCCn1nc(C)c(-c2ccsc2)c1C. The van der Waals surface area contributed by atoms with Crippen molar-refractivity contribution >= 4 is 21.4 Å². The Balaban J connectivity index is 1.73. The van der Waals surface area contributed by atoms with Gasteiger partial charge < -0.3 is 0 Å². The molecule has 0 aliphatic rings. The molecule has 138 valence electrons. The number of rotatable bonds is 6. The fourth-order valence-corrected chi connectivity index (χ4v) is 4.91. The van der Waals surface area contributed by atoms with E-state index in [-0.39, 0.29) is 11.4 Å². The van der Waals surface area contributed by atoms with Gasteiger partial charge in [0.05, 0.1) is 17.1 Å². The number of sulfonamides is 1. The normalized spacial score (nSPS) is 11.8. The third-order valence-electron chi connectivity index (χ3n) is 4.23. The van der Waals surface area contributed by atoms with Crippen molar-refractivity contribution in [2.24, 2.45) is 0 Å². The fourth-order valence-electron chi connectivity index (χ4n) is 3.02. The molecule has 8 heteroatoms. The summed E-state index contributed by atoms with van der Waals surface area (Å²) in [5.41, 5.74) is 4.50. The molecule has 0 fully saturated rings. The molecule has 0 aliphatic heterocycles. The molecule has 0 amide bonds. The van der Waals surface area contributed by atoms with Gasteiger partial charge in [-0.15, -0.1) is 0 Å². The second-order valence-electron chi connectivity index (χ2n) is 6.09. The molecule has 0 saturated heterocycles. The lowest BCUT2D eigenvalue weighted by Gasteiger charge is -2.10. The molecule has 1 aromatic carbocycles.